The van der Waals surface area contributed by atoms with Crippen molar-refractivity contribution in [2.75, 3.05) is 13.2 Å². The van der Waals surface area contributed by atoms with Gasteiger partial charge in [0.1, 0.15) is 5.76 Å². The maximum atomic E-state index is 12.4. The summed E-state index contributed by atoms with van der Waals surface area (Å²) in [5, 5.41) is 4.44. The number of hydrogen-bond donors (Lipinski definition) is 0. The molecular weight excluding hydrogens is 388 g/mol. The van der Waals surface area contributed by atoms with Crippen molar-refractivity contribution in [1.82, 2.24) is 19.1 Å². The van der Waals surface area contributed by atoms with Crippen molar-refractivity contribution in [2.45, 2.75) is 76.9 Å². The van der Waals surface area contributed by atoms with Crippen molar-refractivity contribution >= 4 is 5.65 Å². The summed E-state index contributed by atoms with van der Waals surface area (Å²) in [7, 11) is 0. The van der Waals surface area contributed by atoms with Gasteiger partial charge in [0.15, 0.2) is 5.65 Å². The number of aryl methyl sites for hydroxylation is 1. The smallest absolute Gasteiger partial charge is 0.350 e. The van der Waals surface area contributed by atoms with Gasteiger partial charge in [-0.15, -0.1) is 5.10 Å². The zero-order valence-corrected chi connectivity index (χ0v) is 18.6. The molecule has 2 saturated heterocycles. The highest BCUT2D eigenvalue weighted by Gasteiger charge is 2.40. The van der Waals surface area contributed by atoms with Crippen LogP contribution in [0.3, 0.4) is 0 Å². The monoisotopic (exact) mass is 422 g/mol. The van der Waals surface area contributed by atoms with E-state index < -0.39 is 0 Å². The zero-order valence-electron chi connectivity index (χ0n) is 18.6. The second kappa shape index (κ2) is 9.03. The van der Waals surface area contributed by atoms with Crippen LogP contribution in [0.5, 0.6) is 0 Å². The molecule has 0 N–H and O–H groups in total. The molecule has 1 aliphatic carbocycles. The Bertz CT molecular complexity index is 1020. The Hall–Kier alpha value is -2.34. The van der Waals surface area contributed by atoms with E-state index in [2.05, 4.69) is 29.1 Å². The summed E-state index contributed by atoms with van der Waals surface area (Å²) in [5.74, 6) is 1.80. The first-order valence-electron chi connectivity index (χ1n) is 12.0. The Kier molecular flexibility index (Phi) is 5.99. The van der Waals surface area contributed by atoms with E-state index in [0.29, 0.717) is 24.5 Å². The molecule has 0 saturated carbocycles. The molecule has 5 rings (SSSR count). The number of aromatic nitrogens is 3. The number of ether oxygens (including phenoxy) is 1. The van der Waals surface area contributed by atoms with E-state index in [1.165, 1.54) is 31.3 Å². The molecule has 2 unspecified atom stereocenters. The lowest BCUT2D eigenvalue weighted by atomic mass is 9.91. The first kappa shape index (κ1) is 20.6. The third-order valence-corrected chi connectivity index (χ3v) is 7.36. The molecule has 31 heavy (non-hydrogen) atoms. The SMILES string of the molecule is CC1=C(OCC2CC3CCC(C2)N3CCCCn2nc3ccccn3c2=O)C=CCC1. The zero-order chi connectivity index (χ0) is 21.2. The molecular formula is C25H34N4O2. The van der Waals surface area contributed by atoms with Crippen molar-refractivity contribution in [3.05, 3.63) is 58.4 Å². The fourth-order valence-corrected chi connectivity index (χ4v) is 5.69. The summed E-state index contributed by atoms with van der Waals surface area (Å²) in [6, 6.07) is 7.09. The van der Waals surface area contributed by atoms with Crippen molar-refractivity contribution in [3.63, 3.8) is 0 Å². The van der Waals surface area contributed by atoms with Gasteiger partial charge < -0.3 is 4.74 Å². The minimum Gasteiger partial charge on any atom is -0.493 e. The van der Waals surface area contributed by atoms with Crippen molar-refractivity contribution in [1.29, 1.82) is 0 Å². The molecule has 3 aliphatic rings. The van der Waals surface area contributed by atoms with Gasteiger partial charge in [0, 0.05) is 24.8 Å². The van der Waals surface area contributed by atoms with E-state index in [9.17, 15) is 4.79 Å². The molecule has 0 radical (unpaired) electrons. The molecule has 6 nitrogen and oxygen atoms in total. The molecule has 166 valence electrons. The maximum absolute atomic E-state index is 12.4. The second-order valence-corrected chi connectivity index (χ2v) is 9.50. The molecule has 0 aromatic carbocycles. The van der Waals surface area contributed by atoms with Gasteiger partial charge in [-0.1, -0.05) is 12.1 Å². The van der Waals surface area contributed by atoms with E-state index in [1.54, 1.807) is 15.3 Å². The highest BCUT2D eigenvalue weighted by atomic mass is 16.5. The molecule has 4 heterocycles. The van der Waals surface area contributed by atoms with Crippen LogP contribution in [0.15, 0.2) is 52.7 Å². The molecule has 2 fully saturated rings. The highest BCUT2D eigenvalue weighted by Crippen LogP contribution is 2.39. The fraction of sp³-hybridized carbons (Fsp3) is 0.600. The van der Waals surface area contributed by atoms with Gasteiger partial charge in [-0.05, 0) is 94.5 Å². The molecule has 2 atom stereocenters. The van der Waals surface area contributed by atoms with Crippen molar-refractivity contribution in [3.8, 4) is 0 Å². The quantitative estimate of drug-likeness (QED) is 0.600. The average Bonchev–Trinajstić information content (AvgIpc) is 3.22. The molecule has 2 aliphatic heterocycles. The third-order valence-electron chi connectivity index (χ3n) is 7.36. The van der Waals surface area contributed by atoms with Gasteiger partial charge in [0.05, 0.1) is 6.61 Å². The Morgan fingerprint density at radius 2 is 1.94 bits per heavy atom. The van der Waals surface area contributed by atoms with E-state index in [4.69, 9.17) is 4.74 Å². The molecule has 0 amide bonds. The Morgan fingerprint density at radius 1 is 1.13 bits per heavy atom. The van der Waals surface area contributed by atoms with E-state index >= 15 is 0 Å². The summed E-state index contributed by atoms with van der Waals surface area (Å²) in [6.45, 7) is 4.90. The van der Waals surface area contributed by atoms with Gasteiger partial charge in [-0.3, -0.25) is 9.30 Å². The number of fused-ring (bicyclic) bond motifs is 3. The average molecular weight is 423 g/mol. The number of allylic oxidation sites excluding steroid dienone is 3. The second-order valence-electron chi connectivity index (χ2n) is 9.50. The fourth-order valence-electron chi connectivity index (χ4n) is 5.69. The lowest BCUT2D eigenvalue weighted by Crippen LogP contribution is -2.44. The van der Waals surface area contributed by atoms with Gasteiger partial charge in [-0.2, -0.15) is 0 Å². The largest absolute Gasteiger partial charge is 0.493 e. The van der Waals surface area contributed by atoms with E-state index in [-0.39, 0.29) is 5.69 Å². The predicted molar refractivity (Wildman–Crippen MR) is 122 cm³/mol. The summed E-state index contributed by atoms with van der Waals surface area (Å²) in [5.41, 5.74) is 2.09. The van der Waals surface area contributed by atoms with Gasteiger partial charge >= 0.3 is 5.69 Å². The van der Waals surface area contributed by atoms with Crippen molar-refractivity contribution in [2.24, 2.45) is 5.92 Å². The van der Waals surface area contributed by atoms with E-state index in [1.807, 2.05) is 18.2 Å². The third kappa shape index (κ3) is 4.36. The van der Waals surface area contributed by atoms with Crippen LogP contribution in [0.25, 0.3) is 5.65 Å². The van der Waals surface area contributed by atoms with Crippen LogP contribution in [0.1, 0.15) is 58.3 Å². The lowest BCUT2D eigenvalue weighted by molar-refractivity contribution is 0.0618. The molecule has 2 aromatic heterocycles. The minimum absolute atomic E-state index is 0.0327. The van der Waals surface area contributed by atoms with Gasteiger partial charge in [-0.25, -0.2) is 9.48 Å². The predicted octanol–water partition coefficient (Wildman–Crippen LogP) is 4.16. The van der Waals surface area contributed by atoms with Crippen LogP contribution in [0, 0.1) is 5.92 Å². The number of hydrogen-bond acceptors (Lipinski definition) is 4. The van der Waals surface area contributed by atoms with Crippen LogP contribution >= 0.6 is 0 Å². The maximum Gasteiger partial charge on any atom is 0.350 e. The van der Waals surface area contributed by atoms with Gasteiger partial charge in [0.2, 0.25) is 0 Å². The summed E-state index contributed by atoms with van der Waals surface area (Å²) < 4.78 is 9.44. The molecule has 2 aromatic rings. The number of unbranched alkanes of at least 4 members (excludes halogenated alkanes) is 1. The minimum atomic E-state index is -0.0327. The number of rotatable bonds is 8. The molecule has 2 bridgehead atoms. The summed E-state index contributed by atoms with van der Waals surface area (Å²) >= 11 is 0. The lowest BCUT2D eigenvalue weighted by Gasteiger charge is -2.39. The number of pyridine rings is 1. The Labute approximate surface area is 184 Å². The first-order chi connectivity index (χ1) is 15.2. The summed E-state index contributed by atoms with van der Waals surface area (Å²) in [6.07, 6.45) is 15.8. The van der Waals surface area contributed by atoms with Crippen LogP contribution < -0.4 is 5.69 Å². The Balaban J connectivity index is 1.09. The van der Waals surface area contributed by atoms with Crippen LogP contribution in [0.4, 0.5) is 0 Å². The standard InChI is InChI=1S/C25H34N4O2/c1-19-8-2-3-9-23(19)31-18-20-16-21-11-12-22(17-20)27(21)13-6-7-15-29-25(30)28-14-5-4-10-24(28)26-29/h3-5,9-10,14,20-22H,2,6-8,11-13,15-18H2,1H3. The highest BCUT2D eigenvalue weighted by molar-refractivity contribution is 5.35. The van der Waals surface area contributed by atoms with Crippen LogP contribution in [-0.4, -0.2) is 44.3 Å². The first-order valence-corrected chi connectivity index (χ1v) is 12.0. The van der Waals surface area contributed by atoms with Crippen LogP contribution in [0.2, 0.25) is 0 Å². The Morgan fingerprint density at radius 3 is 2.71 bits per heavy atom. The van der Waals surface area contributed by atoms with E-state index in [0.717, 1.165) is 50.2 Å². The summed E-state index contributed by atoms with van der Waals surface area (Å²) in [4.78, 5) is 15.1. The van der Waals surface area contributed by atoms with Crippen molar-refractivity contribution < 1.29 is 4.74 Å². The van der Waals surface area contributed by atoms with Gasteiger partial charge in [0.25, 0.3) is 0 Å². The molecule has 6 heteroatoms. The molecule has 0 spiro atoms. The number of piperidine rings is 1. The van der Waals surface area contributed by atoms with Crippen LogP contribution in [-0.2, 0) is 11.3 Å². The topological polar surface area (TPSA) is 51.8 Å². The number of nitrogens with zero attached hydrogens (tertiary/aromatic N) is 4. The normalized spacial score (nSPS) is 26.2.